The molecule has 4 rings (SSSR count). The first-order valence-electron chi connectivity index (χ1n) is 12.5. The zero-order valence-electron chi connectivity index (χ0n) is 19.4. The third kappa shape index (κ3) is 5.48. The molecule has 1 atom stereocenters. The lowest BCUT2D eigenvalue weighted by Gasteiger charge is -2.26. The molecule has 0 amide bonds. The highest BCUT2D eigenvalue weighted by Gasteiger charge is 2.26. The van der Waals surface area contributed by atoms with Crippen LogP contribution in [0.5, 0.6) is 0 Å². The van der Waals surface area contributed by atoms with E-state index in [1.54, 1.807) is 0 Å². The van der Waals surface area contributed by atoms with Crippen molar-refractivity contribution in [3.63, 3.8) is 0 Å². The average molecular weight is 411 g/mol. The summed E-state index contributed by atoms with van der Waals surface area (Å²) in [5, 5.41) is 0. The molecule has 0 saturated carbocycles. The number of benzene rings is 1. The third-order valence-corrected chi connectivity index (χ3v) is 7.31. The van der Waals surface area contributed by atoms with Gasteiger partial charge in [-0.25, -0.2) is 0 Å². The molecule has 0 aromatic heterocycles. The molecule has 0 radical (unpaired) electrons. The van der Waals surface area contributed by atoms with E-state index in [1.807, 2.05) is 0 Å². The predicted octanol–water partition coefficient (Wildman–Crippen LogP) is 8.63. The molecular weight excluding hydrogens is 372 g/mol. The Morgan fingerprint density at radius 3 is 2.42 bits per heavy atom. The van der Waals surface area contributed by atoms with E-state index in [0.29, 0.717) is 5.92 Å². The second kappa shape index (κ2) is 10.8. The zero-order valence-corrected chi connectivity index (χ0v) is 19.4. The molecule has 1 aromatic rings. The van der Waals surface area contributed by atoms with Crippen molar-refractivity contribution in [2.45, 2.75) is 71.6 Å². The van der Waals surface area contributed by atoms with Gasteiger partial charge in [0.2, 0.25) is 0 Å². The fraction of sp³-hybridized carbons (Fsp3) is 0.419. The summed E-state index contributed by atoms with van der Waals surface area (Å²) in [4.78, 5) is 0. The van der Waals surface area contributed by atoms with Gasteiger partial charge >= 0.3 is 0 Å². The Bertz CT molecular complexity index is 923. The SMILES string of the molecule is CCC(CC)CCCCc1ccc(CC2=CC=C(C3=CCCC=C3)C3C=CC=C23)cc1. The molecule has 3 aliphatic carbocycles. The highest BCUT2D eigenvalue weighted by Crippen LogP contribution is 2.40. The van der Waals surface area contributed by atoms with E-state index < -0.39 is 0 Å². The molecule has 0 N–H and O–H groups in total. The van der Waals surface area contributed by atoms with E-state index in [1.165, 1.54) is 84.8 Å². The Morgan fingerprint density at radius 1 is 0.871 bits per heavy atom. The van der Waals surface area contributed by atoms with Gasteiger partial charge in [-0.05, 0) is 71.4 Å². The van der Waals surface area contributed by atoms with Gasteiger partial charge in [-0.1, -0.05) is 112 Å². The number of allylic oxidation sites excluding steroid dienone is 12. The molecule has 0 nitrogen and oxygen atoms in total. The molecular formula is C31H38. The van der Waals surface area contributed by atoms with E-state index in [4.69, 9.17) is 0 Å². The van der Waals surface area contributed by atoms with Crippen LogP contribution in [0, 0.1) is 11.8 Å². The van der Waals surface area contributed by atoms with Crippen molar-refractivity contribution < 1.29 is 0 Å². The molecule has 0 bridgehead atoms. The Hall–Kier alpha value is -2.34. The first-order valence-corrected chi connectivity index (χ1v) is 12.5. The standard InChI is InChI=1S/C31H38/c1-3-24(4-2)11-8-9-12-25-17-19-26(20-18-25)23-28-21-22-30(27-13-6-5-7-14-27)31-16-10-15-29(28)31/h6,10,13-22,24,31H,3-5,7-9,11-12,23H2,1-2H3. The molecule has 0 heteroatoms. The van der Waals surface area contributed by atoms with Crippen LogP contribution in [-0.4, -0.2) is 0 Å². The highest BCUT2D eigenvalue weighted by atomic mass is 14.3. The Balaban J connectivity index is 1.36. The lowest BCUT2D eigenvalue weighted by molar-refractivity contribution is 0.434. The number of hydrogen-bond acceptors (Lipinski definition) is 0. The van der Waals surface area contributed by atoms with Crippen LogP contribution < -0.4 is 0 Å². The van der Waals surface area contributed by atoms with Gasteiger partial charge < -0.3 is 0 Å². The van der Waals surface area contributed by atoms with Crippen LogP contribution in [0.3, 0.4) is 0 Å². The molecule has 0 fully saturated rings. The van der Waals surface area contributed by atoms with Gasteiger partial charge in [0.15, 0.2) is 0 Å². The van der Waals surface area contributed by atoms with Gasteiger partial charge in [0.25, 0.3) is 0 Å². The van der Waals surface area contributed by atoms with Crippen LogP contribution in [0.1, 0.15) is 69.9 Å². The minimum atomic E-state index is 0.434. The van der Waals surface area contributed by atoms with Crippen LogP contribution in [0.25, 0.3) is 0 Å². The number of aryl methyl sites for hydroxylation is 1. The maximum absolute atomic E-state index is 2.40. The fourth-order valence-electron chi connectivity index (χ4n) is 5.21. The Labute approximate surface area is 189 Å². The molecule has 0 heterocycles. The van der Waals surface area contributed by atoms with Gasteiger partial charge in [-0.3, -0.25) is 0 Å². The summed E-state index contributed by atoms with van der Waals surface area (Å²) in [5.41, 5.74) is 8.75. The van der Waals surface area contributed by atoms with E-state index in [9.17, 15) is 0 Å². The van der Waals surface area contributed by atoms with E-state index >= 15 is 0 Å². The second-order valence-electron chi connectivity index (χ2n) is 9.36. The molecule has 0 spiro atoms. The normalized spacial score (nSPS) is 19.8. The summed E-state index contributed by atoms with van der Waals surface area (Å²) in [6.07, 6.45) is 30.0. The van der Waals surface area contributed by atoms with Gasteiger partial charge in [-0.15, -0.1) is 0 Å². The van der Waals surface area contributed by atoms with Crippen molar-refractivity contribution in [1.29, 1.82) is 0 Å². The molecule has 0 saturated heterocycles. The van der Waals surface area contributed by atoms with Gasteiger partial charge in [-0.2, -0.15) is 0 Å². The lowest BCUT2D eigenvalue weighted by Crippen LogP contribution is -2.12. The molecule has 3 aliphatic rings. The summed E-state index contributed by atoms with van der Waals surface area (Å²) >= 11 is 0. The first kappa shape index (κ1) is 21.9. The van der Waals surface area contributed by atoms with Crippen molar-refractivity contribution >= 4 is 0 Å². The van der Waals surface area contributed by atoms with Crippen LogP contribution in [0.4, 0.5) is 0 Å². The zero-order chi connectivity index (χ0) is 21.5. The number of fused-ring (bicyclic) bond motifs is 1. The van der Waals surface area contributed by atoms with E-state index in [2.05, 4.69) is 86.7 Å². The Kier molecular flexibility index (Phi) is 7.62. The maximum Gasteiger partial charge on any atom is 0.0281 e. The molecule has 162 valence electrons. The van der Waals surface area contributed by atoms with Crippen molar-refractivity contribution in [1.82, 2.24) is 0 Å². The average Bonchev–Trinajstić information content (AvgIpc) is 3.31. The van der Waals surface area contributed by atoms with Crippen molar-refractivity contribution in [3.05, 3.63) is 106 Å². The second-order valence-corrected chi connectivity index (χ2v) is 9.36. The van der Waals surface area contributed by atoms with Crippen molar-refractivity contribution in [2.75, 3.05) is 0 Å². The Morgan fingerprint density at radius 2 is 1.68 bits per heavy atom. The van der Waals surface area contributed by atoms with Crippen LogP contribution in [-0.2, 0) is 12.8 Å². The monoisotopic (exact) mass is 410 g/mol. The summed E-state index contributed by atoms with van der Waals surface area (Å²) in [6, 6.07) is 9.41. The summed E-state index contributed by atoms with van der Waals surface area (Å²) in [5.74, 6) is 1.36. The largest absolute Gasteiger partial charge is 0.0836 e. The van der Waals surface area contributed by atoms with Crippen LogP contribution in [0.15, 0.2) is 95.2 Å². The van der Waals surface area contributed by atoms with Crippen molar-refractivity contribution in [2.24, 2.45) is 11.8 Å². The van der Waals surface area contributed by atoms with E-state index in [-0.39, 0.29) is 0 Å². The number of unbranched alkanes of at least 4 members (excludes halogenated alkanes) is 1. The molecule has 0 aliphatic heterocycles. The predicted molar refractivity (Wildman–Crippen MR) is 135 cm³/mol. The summed E-state index contributed by atoms with van der Waals surface area (Å²) in [7, 11) is 0. The van der Waals surface area contributed by atoms with Gasteiger partial charge in [0.1, 0.15) is 0 Å². The minimum absolute atomic E-state index is 0.434. The maximum atomic E-state index is 2.40. The highest BCUT2D eigenvalue weighted by molar-refractivity contribution is 5.60. The van der Waals surface area contributed by atoms with E-state index in [0.717, 1.165) is 12.3 Å². The fourth-order valence-corrected chi connectivity index (χ4v) is 5.21. The molecule has 1 unspecified atom stereocenters. The topological polar surface area (TPSA) is 0 Å². The first-order chi connectivity index (χ1) is 15.3. The summed E-state index contributed by atoms with van der Waals surface area (Å²) in [6.45, 7) is 4.66. The lowest BCUT2D eigenvalue weighted by atomic mass is 9.78. The quantitative estimate of drug-likeness (QED) is 0.339. The van der Waals surface area contributed by atoms with Crippen molar-refractivity contribution in [3.8, 4) is 0 Å². The van der Waals surface area contributed by atoms with Crippen LogP contribution in [0.2, 0.25) is 0 Å². The van der Waals surface area contributed by atoms with Gasteiger partial charge in [0.05, 0.1) is 0 Å². The summed E-state index contributed by atoms with van der Waals surface area (Å²) < 4.78 is 0. The van der Waals surface area contributed by atoms with Crippen LogP contribution >= 0.6 is 0 Å². The molecule has 1 aromatic carbocycles. The number of hydrogen-bond donors (Lipinski definition) is 0. The molecule has 31 heavy (non-hydrogen) atoms. The number of rotatable bonds is 10. The smallest absolute Gasteiger partial charge is 0.0281 e. The third-order valence-electron chi connectivity index (χ3n) is 7.31. The van der Waals surface area contributed by atoms with Gasteiger partial charge in [0, 0.05) is 5.92 Å². The minimum Gasteiger partial charge on any atom is -0.0836 e.